The van der Waals surface area contributed by atoms with Crippen LogP contribution in [0, 0.1) is 0 Å². The number of ether oxygens (including phenoxy) is 1. The van der Waals surface area contributed by atoms with Gasteiger partial charge in [0.2, 0.25) is 0 Å². The van der Waals surface area contributed by atoms with Crippen LogP contribution in [-0.2, 0) is 25.5 Å². The van der Waals surface area contributed by atoms with Gasteiger partial charge in [0.1, 0.15) is 6.04 Å². The van der Waals surface area contributed by atoms with Gasteiger partial charge in [-0.05, 0) is 17.7 Å². The fourth-order valence-electron chi connectivity index (χ4n) is 1.53. The van der Waals surface area contributed by atoms with Gasteiger partial charge in [0.15, 0.2) is 6.61 Å². The van der Waals surface area contributed by atoms with Gasteiger partial charge in [-0.25, -0.2) is 4.79 Å². The van der Waals surface area contributed by atoms with E-state index >= 15 is 0 Å². The smallest absolute Gasteiger partial charge is 0.326 e. The molecule has 0 aromatic heterocycles. The second kappa shape index (κ2) is 7.85. The van der Waals surface area contributed by atoms with Gasteiger partial charge < -0.3 is 15.2 Å². The monoisotopic (exact) mass is 333 g/mol. The number of aliphatic carboxylic acids is 1. The van der Waals surface area contributed by atoms with Crippen molar-refractivity contribution in [2.24, 2.45) is 0 Å². The number of amides is 1. The van der Waals surface area contributed by atoms with Crippen LogP contribution in [0.4, 0.5) is 0 Å². The number of nitrogens with one attached hydrogen (secondary N) is 1. The zero-order chi connectivity index (χ0) is 16.0. The van der Waals surface area contributed by atoms with Gasteiger partial charge >= 0.3 is 11.9 Å². The molecule has 0 radical (unpaired) electrons. The number of carbonyl (C=O) groups excluding carboxylic acids is 2. The lowest BCUT2D eigenvalue weighted by Crippen LogP contribution is -2.44. The summed E-state index contributed by atoms with van der Waals surface area (Å²) in [5.74, 6) is -2.60. The van der Waals surface area contributed by atoms with E-state index in [0.29, 0.717) is 15.6 Å². The number of benzene rings is 1. The molecule has 0 aliphatic heterocycles. The molecule has 8 heteroatoms. The van der Waals surface area contributed by atoms with E-state index in [1.165, 1.54) is 0 Å². The van der Waals surface area contributed by atoms with Crippen LogP contribution in [0.15, 0.2) is 18.2 Å². The lowest BCUT2D eigenvalue weighted by molar-refractivity contribution is -0.148. The fourth-order valence-corrected chi connectivity index (χ4v) is 2.09. The van der Waals surface area contributed by atoms with E-state index in [9.17, 15) is 14.4 Å². The van der Waals surface area contributed by atoms with E-state index in [4.69, 9.17) is 28.3 Å². The quantitative estimate of drug-likeness (QED) is 0.772. The number of halogens is 2. The van der Waals surface area contributed by atoms with E-state index in [2.05, 4.69) is 10.1 Å². The first-order valence-electron chi connectivity index (χ1n) is 5.89. The minimum absolute atomic E-state index is 0.0837. The Kier molecular flexibility index (Phi) is 6.45. The van der Waals surface area contributed by atoms with Crippen molar-refractivity contribution in [3.05, 3.63) is 33.8 Å². The molecule has 1 rings (SSSR count). The molecule has 0 bridgehead atoms. The molecule has 1 aromatic rings. The maximum atomic E-state index is 11.5. The van der Waals surface area contributed by atoms with Crippen molar-refractivity contribution in [1.29, 1.82) is 0 Å². The van der Waals surface area contributed by atoms with Gasteiger partial charge in [-0.1, -0.05) is 29.3 Å². The highest BCUT2D eigenvalue weighted by Gasteiger charge is 2.23. The highest BCUT2D eigenvalue weighted by Crippen LogP contribution is 2.25. The Balaban J connectivity index is 2.77. The van der Waals surface area contributed by atoms with E-state index in [1.54, 1.807) is 18.2 Å². The topological polar surface area (TPSA) is 92.7 Å². The number of hydrogen-bond donors (Lipinski definition) is 2. The summed E-state index contributed by atoms with van der Waals surface area (Å²) in [6.07, 6.45) is -0.0837. The standard InChI is InChI=1S/C13H13Cl2NO5/c1-7(17)21-6-12(18)16-11(13(19)20)5-8-9(14)3-2-4-10(8)15/h2-4,11H,5-6H2,1H3,(H,16,18)(H,19,20)/t11-/m0/s1. The Hall–Kier alpha value is -1.79. The molecular weight excluding hydrogens is 321 g/mol. The van der Waals surface area contributed by atoms with Crippen LogP contribution in [0.2, 0.25) is 10.0 Å². The van der Waals surface area contributed by atoms with E-state index in [1.807, 2.05) is 0 Å². The molecule has 0 fully saturated rings. The molecule has 0 spiro atoms. The summed E-state index contributed by atoms with van der Waals surface area (Å²) in [5.41, 5.74) is 0.418. The fraction of sp³-hybridized carbons (Fsp3) is 0.308. The zero-order valence-electron chi connectivity index (χ0n) is 11.1. The molecule has 0 aliphatic carbocycles. The van der Waals surface area contributed by atoms with Crippen molar-refractivity contribution in [1.82, 2.24) is 5.32 Å². The van der Waals surface area contributed by atoms with Crippen LogP contribution in [0.3, 0.4) is 0 Å². The summed E-state index contributed by atoms with van der Waals surface area (Å²) >= 11 is 11.9. The highest BCUT2D eigenvalue weighted by atomic mass is 35.5. The minimum atomic E-state index is -1.25. The Morgan fingerprint density at radius 2 is 1.86 bits per heavy atom. The van der Waals surface area contributed by atoms with Gasteiger partial charge in [0.05, 0.1) is 0 Å². The van der Waals surface area contributed by atoms with E-state index in [0.717, 1.165) is 6.92 Å². The van der Waals surface area contributed by atoms with Gasteiger partial charge in [0, 0.05) is 23.4 Å². The van der Waals surface area contributed by atoms with Gasteiger partial charge in [-0.3, -0.25) is 9.59 Å². The SMILES string of the molecule is CC(=O)OCC(=O)N[C@@H](Cc1c(Cl)cccc1Cl)C(=O)O. The number of carbonyl (C=O) groups is 3. The van der Waals surface area contributed by atoms with Crippen molar-refractivity contribution < 1.29 is 24.2 Å². The van der Waals surface area contributed by atoms with Crippen molar-refractivity contribution in [2.75, 3.05) is 6.61 Å². The summed E-state index contributed by atoms with van der Waals surface area (Å²) < 4.78 is 4.49. The molecular formula is C13H13Cl2NO5. The maximum absolute atomic E-state index is 11.5. The number of hydrogen-bond acceptors (Lipinski definition) is 4. The number of esters is 1. The normalized spacial score (nSPS) is 11.6. The van der Waals surface area contributed by atoms with Crippen molar-refractivity contribution >= 4 is 41.0 Å². The number of rotatable bonds is 6. The molecule has 0 aliphatic rings. The molecule has 114 valence electrons. The lowest BCUT2D eigenvalue weighted by atomic mass is 10.1. The van der Waals surface area contributed by atoms with Crippen molar-refractivity contribution in [2.45, 2.75) is 19.4 Å². The average Bonchev–Trinajstić information content (AvgIpc) is 2.39. The molecule has 0 heterocycles. The third kappa shape index (κ3) is 5.61. The van der Waals surface area contributed by atoms with Crippen molar-refractivity contribution in [3.8, 4) is 0 Å². The lowest BCUT2D eigenvalue weighted by Gasteiger charge is -2.16. The summed E-state index contributed by atoms with van der Waals surface area (Å²) in [5, 5.41) is 12.0. The maximum Gasteiger partial charge on any atom is 0.326 e. The molecule has 1 aromatic carbocycles. The number of carboxylic acids is 1. The largest absolute Gasteiger partial charge is 0.480 e. The Bertz CT molecular complexity index is 541. The molecule has 6 nitrogen and oxygen atoms in total. The Morgan fingerprint density at radius 3 is 2.33 bits per heavy atom. The van der Waals surface area contributed by atoms with Gasteiger partial charge in [-0.15, -0.1) is 0 Å². The molecule has 21 heavy (non-hydrogen) atoms. The average molecular weight is 334 g/mol. The zero-order valence-corrected chi connectivity index (χ0v) is 12.6. The third-order valence-corrected chi connectivity index (χ3v) is 3.22. The van der Waals surface area contributed by atoms with Crippen LogP contribution in [-0.4, -0.2) is 35.6 Å². The van der Waals surface area contributed by atoms with Crippen LogP contribution in [0.25, 0.3) is 0 Å². The van der Waals surface area contributed by atoms with Crippen LogP contribution in [0.5, 0.6) is 0 Å². The number of carboxylic acid groups (broad SMARTS) is 1. The Morgan fingerprint density at radius 1 is 1.29 bits per heavy atom. The summed E-state index contributed by atoms with van der Waals surface area (Å²) in [7, 11) is 0. The molecule has 1 amide bonds. The molecule has 1 atom stereocenters. The second-order valence-electron chi connectivity index (χ2n) is 4.14. The molecule has 2 N–H and O–H groups in total. The Labute approximate surface area is 131 Å². The molecule has 0 unspecified atom stereocenters. The van der Waals surface area contributed by atoms with E-state index < -0.39 is 30.5 Å². The van der Waals surface area contributed by atoms with Crippen LogP contribution >= 0.6 is 23.2 Å². The molecule has 0 saturated carbocycles. The summed E-state index contributed by atoms with van der Waals surface area (Å²) in [6, 6.07) is 3.54. The summed E-state index contributed by atoms with van der Waals surface area (Å²) in [6.45, 7) is 0.598. The third-order valence-electron chi connectivity index (χ3n) is 2.51. The van der Waals surface area contributed by atoms with Crippen LogP contribution < -0.4 is 5.32 Å². The summed E-state index contributed by atoms with van der Waals surface area (Å²) in [4.78, 5) is 33.3. The van der Waals surface area contributed by atoms with Crippen LogP contribution in [0.1, 0.15) is 12.5 Å². The second-order valence-corrected chi connectivity index (χ2v) is 4.96. The first kappa shape index (κ1) is 17.3. The van der Waals surface area contributed by atoms with Crippen molar-refractivity contribution in [3.63, 3.8) is 0 Å². The van der Waals surface area contributed by atoms with Gasteiger partial charge in [0.25, 0.3) is 5.91 Å². The first-order chi connectivity index (χ1) is 9.81. The first-order valence-corrected chi connectivity index (χ1v) is 6.65. The predicted molar refractivity (Wildman–Crippen MR) is 76.4 cm³/mol. The minimum Gasteiger partial charge on any atom is -0.480 e. The highest BCUT2D eigenvalue weighted by molar-refractivity contribution is 6.36. The molecule has 0 saturated heterocycles. The van der Waals surface area contributed by atoms with Gasteiger partial charge in [-0.2, -0.15) is 0 Å². The van der Waals surface area contributed by atoms with E-state index in [-0.39, 0.29) is 6.42 Å². The predicted octanol–water partition coefficient (Wildman–Crippen LogP) is 1.67.